The molecule has 21 heavy (non-hydrogen) atoms. The van der Waals surface area contributed by atoms with Crippen molar-refractivity contribution >= 4 is 56.9 Å². The molecule has 0 aliphatic heterocycles. The summed E-state index contributed by atoms with van der Waals surface area (Å²) >= 11 is 16.9. The Morgan fingerprint density at radius 1 is 1.38 bits per heavy atom. The van der Waals surface area contributed by atoms with Crippen molar-refractivity contribution in [2.75, 3.05) is 5.75 Å². The summed E-state index contributed by atoms with van der Waals surface area (Å²) in [6, 6.07) is 3.43. The summed E-state index contributed by atoms with van der Waals surface area (Å²) in [6.07, 6.45) is 0.614. The van der Waals surface area contributed by atoms with Gasteiger partial charge in [-0.15, -0.1) is 10.2 Å². The minimum absolute atomic E-state index is 0.117. The molecular weight excluding hydrogens is 401 g/mol. The summed E-state index contributed by atoms with van der Waals surface area (Å²) < 4.78 is 2.46. The van der Waals surface area contributed by atoms with E-state index in [0.29, 0.717) is 33.1 Å². The summed E-state index contributed by atoms with van der Waals surface area (Å²) in [5.74, 6) is -0.386. The van der Waals surface area contributed by atoms with E-state index in [2.05, 4.69) is 26.1 Å². The molecular formula is C12H10BrCl2N3O2S. The summed E-state index contributed by atoms with van der Waals surface area (Å²) in [5.41, 5.74) is 0.552. The SMILES string of the molecule is CCc1nnc(SCC(=O)O)n1-c1c(Cl)cc(Br)cc1Cl. The van der Waals surface area contributed by atoms with Crippen LogP contribution in [0.2, 0.25) is 10.0 Å². The number of carboxylic acids is 1. The van der Waals surface area contributed by atoms with E-state index in [-0.39, 0.29) is 5.75 Å². The largest absolute Gasteiger partial charge is 0.481 e. The highest BCUT2D eigenvalue weighted by atomic mass is 79.9. The molecule has 2 rings (SSSR count). The monoisotopic (exact) mass is 409 g/mol. The van der Waals surface area contributed by atoms with Crippen LogP contribution in [0.25, 0.3) is 5.69 Å². The minimum Gasteiger partial charge on any atom is -0.481 e. The molecule has 0 fully saturated rings. The van der Waals surface area contributed by atoms with E-state index in [4.69, 9.17) is 28.3 Å². The van der Waals surface area contributed by atoms with Crippen LogP contribution < -0.4 is 0 Å². The van der Waals surface area contributed by atoms with Gasteiger partial charge in [-0.05, 0) is 12.1 Å². The zero-order valence-electron chi connectivity index (χ0n) is 10.8. The number of aromatic nitrogens is 3. The molecule has 0 saturated heterocycles. The Morgan fingerprint density at radius 2 is 2.00 bits per heavy atom. The quantitative estimate of drug-likeness (QED) is 0.752. The number of hydrogen-bond acceptors (Lipinski definition) is 4. The first-order valence-corrected chi connectivity index (χ1v) is 8.41. The summed E-state index contributed by atoms with van der Waals surface area (Å²) in [4.78, 5) is 10.7. The van der Waals surface area contributed by atoms with E-state index in [0.717, 1.165) is 16.2 Å². The van der Waals surface area contributed by atoms with Gasteiger partial charge in [0.25, 0.3) is 0 Å². The van der Waals surface area contributed by atoms with Gasteiger partial charge in [-0.1, -0.05) is 57.8 Å². The second kappa shape index (κ2) is 7.00. The van der Waals surface area contributed by atoms with Crippen LogP contribution in [0.3, 0.4) is 0 Å². The molecule has 1 N–H and O–H groups in total. The lowest BCUT2D eigenvalue weighted by molar-refractivity contribution is -0.133. The highest BCUT2D eigenvalue weighted by Gasteiger charge is 2.19. The molecule has 0 saturated carbocycles. The van der Waals surface area contributed by atoms with Crippen molar-refractivity contribution < 1.29 is 9.90 Å². The first-order chi connectivity index (χ1) is 9.93. The molecule has 5 nitrogen and oxygen atoms in total. The van der Waals surface area contributed by atoms with E-state index in [1.54, 1.807) is 16.7 Å². The smallest absolute Gasteiger partial charge is 0.313 e. The average Bonchev–Trinajstić information content (AvgIpc) is 2.78. The first kappa shape index (κ1) is 16.6. The Balaban J connectivity index is 2.56. The number of aryl methyl sites for hydroxylation is 1. The van der Waals surface area contributed by atoms with Gasteiger partial charge in [-0.25, -0.2) is 0 Å². The van der Waals surface area contributed by atoms with E-state index in [9.17, 15) is 4.79 Å². The van der Waals surface area contributed by atoms with Gasteiger partial charge < -0.3 is 5.11 Å². The van der Waals surface area contributed by atoms with Crippen LogP contribution in [-0.4, -0.2) is 31.6 Å². The first-order valence-electron chi connectivity index (χ1n) is 5.87. The zero-order valence-corrected chi connectivity index (χ0v) is 14.7. The molecule has 0 spiro atoms. The molecule has 0 atom stereocenters. The molecule has 1 aromatic carbocycles. The topological polar surface area (TPSA) is 68.0 Å². The molecule has 1 heterocycles. The summed E-state index contributed by atoms with van der Waals surface area (Å²) in [6.45, 7) is 1.92. The lowest BCUT2D eigenvalue weighted by Crippen LogP contribution is -2.05. The van der Waals surface area contributed by atoms with Gasteiger partial charge >= 0.3 is 5.97 Å². The maximum absolute atomic E-state index is 10.7. The molecule has 2 aromatic rings. The molecule has 0 aliphatic carbocycles. The maximum atomic E-state index is 10.7. The van der Waals surface area contributed by atoms with Gasteiger partial charge in [0.05, 0.1) is 21.5 Å². The van der Waals surface area contributed by atoms with E-state index < -0.39 is 5.97 Å². The van der Waals surface area contributed by atoms with Gasteiger partial charge in [-0.2, -0.15) is 0 Å². The molecule has 9 heteroatoms. The number of rotatable bonds is 5. The predicted octanol–water partition coefficient (Wildman–Crippen LogP) is 4.08. The third kappa shape index (κ3) is 3.71. The number of benzene rings is 1. The molecule has 0 unspecified atom stereocenters. The number of carboxylic acid groups (broad SMARTS) is 1. The Bertz CT molecular complexity index is 670. The number of thioether (sulfide) groups is 1. The van der Waals surface area contributed by atoms with Crippen molar-refractivity contribution in [3.05, 3.63) is 32.5 Å². The second-order valence-corrected chi connectivity index (χ2v) is 6.66. The number of nitrogens with zero attached hydrogens (tertiary/aromatic N) is 3. The molecule has 0 bridgehead atoms. The number of halogens is 3. The number of carbonyl (C=O) groups is 1. The highest BCUT2D eigenvalue weighted by Crippen LogP contribution is 2.35. The summed E-state index contributed by atoms with van der Waals surface area (Å²) in [5, 5.41) is 18.2. The van der Waals surface area contributed by atoms with E-state index in [1.807, 2.05) is 6.92 Å². The number of aliphatic carboxylic acids is 1. The van der Waals surface area contributed by atoms with Crippen LogP contribution in [0.15, 0.2) is 21.8 Å². The Hall–Kier alpha value is -0.760. The van der Waals surface area contributed by atoms with Gasteiger partial charge in [-0.3, -0.25) is 9.36 Å². The Labute approximate surface area is 143 Å². The predicted molar refractivity (Wildman–Crippen MR) is 86.8 cm³/mol. The van der Waals surface area contributed by atoms with Crippen molar-refractivity contribution in [2.24, 2.45) is 0 Å². The standard InChI is InChI=1S/C12H10BrCl2N3O2S/c1-2-9-16-17-12(21-5-10(19)20)18(9)11-7(14)3-6(13)4-8(11)15/h3-4H,2,5H2,1H3,(H,19,20). The zero-order chi connectivity index (χ0) is 15.6. The molecule has 0 radical (unpaired) electrons. The van der Waals surface area contributed by atoms with Gasteiger partial charge in [0.15, 0.2) is 5.16 Å². The van der Waals surface area contributed by atoms with Crippen molar-refractivity contribution in [3.8, 4) is 5.69 Å². The van der Waals surface area contributed by atoms with E-state index in [1.165, 1.54) is 0 Å². The molecule has 1 aromatic heterocycles. The lowest BCUT2D eigenvalue weighted by atomic mass is 10.3. The highest BCUT2D eigenvalue weighted by molar-refractivity contribution is 9.10. The Morgan fingerprint density at radius 3 is 2.52 bits per heavy atom. The van der Waals surface area contributed by atoms with Crippen molar-refractivity contribution in [1.29, 1.82) is 0 Å². The van der Waals surface area contributed by atoms with Crippen LogP contribution in [-0.2, 0) is 11.2 Å². The van der Waals surface area contributed by atoms with Crippen molar-refractivity contribution in [2.45, 2.75) is 18.5 Å². The van der Waals surface area contributed by atoms with Gasteiger partial charge in [0, 0.05) is 10.9 Å². The van der Waals surface area contributed by atoms with Crippen LogP contribution >= 0.6 is 50.9 Å². The van der Waals surface area contributed by atoms with Crippen LogP contribution in [0.5, 0.6) is 0 Å². The third-order valence-electron chi connectivity index (χ3n) is 2.55. The lowest BCUT2D eigenvalue weighted by Gasteiger charge is -2.13. The Kier molecular flexibility index (Phi) is 5.54. The van der Waals surface area contributed by atoms with Gasteiger partial charge in [0.1, 0.15) is 5.82 Å². The van der Waals surface area contributed by atoms with Crippen LogP contribution in [0, 0.1) is 0 Å². The van der Waals surface area contributed by atoms with Crippen LogP contribution in [0.1, 0.15) is 12.7 Å². The maximum Gasteiger partial charge on any atom is 0.313 e. The molecule has 0 aliphatic rings. The normalized spacial score (nSPS) is 10.9. The fourth-order valence-electron chi connectivity index (χ4n) is 1.72. The fraction of sp³-hybridized carbons (Fsp3) is 0.250. The summed E-state index contributed by atoms with van der Waals surface area (Å²) in [7, 11) is 0. The second-order valence-electron chi connectivity index (χ2n) is 3.99. The third-order valence-corrected chi connectivity index (χ3v) is 4.49. The minimum atomic E-state index is -0.930. The average molecular weight is 411 g/mol. The van der Waals surface area contributed by atoms with Crippen molar-refractivity contribution in [1.82, 2.24) is 14.8 Å². The van der Waals surface area contributed by atoms with Gasteiger partial charge in [0.2, 0.25) is 0 Å². The molecule has 112 valence electrons. The fourth-order valence-corrected chi connectivity index (χ4v) is 3.78. The number of hydrogen-bond donors (Lipinski definition) is 1. The van der Waals surface area contributed by atoms with Crippen LogP contribution in [0.4, 0.5) is 0 Å². The van der Waals surface area contributed by atoms with E-state index >= 15 is 0 Å². The van der Waals surface area contributed by atoms with Crippen molar-refractivity contribution in [3.63, 3.8) is 0 Å². The molecule has 0 amide bonds.